The Kier molecular flexibility index (Phi) is 2.65. The number of nitrogens with zero attached hydrogens (tertiary/aromatic N) is 1. The lowest BCUT2D eigenvalue weighted by Gasteiger charge is -2.17. The van der Waals surface area contributed by atoms with Crippen molar-refractivity contribution in [2.24, 2.45) is 10.9 Å². The SMILES string of the molecule is CC1CCC(c2ccc3c(c2)CC(C)O3)=NC1. The minimum atomic E-state index is 0.327. The van der Waals surface area contributed by atoms with Crippen LogP contribution < -0.4 is 4.74 Å². The Morgan fingerprint density at radius 1 is 1.29 bits per heavy atom. The Morgan fingerprint density at radius 3 is 2.94 bits per heavy atom. The van der Waals surface area contributed by atoms with E-state index in [9.17, 15) is 0 Å². The van der Waals surface area contributed by atoms with E-state index in [0.717, 1.165) is 31.1 Å². The second-order valence-electron chi connectivity index (χ2n) is 5.39. The molecule has 0 aliphatic carbocycles. The number of hydrogen-bond acceptors (Lipinski definition) is 2. The summed E-state index contributed by atoms with van der Waals surface area (Å²) in [4.78, 5) is 4.70. The van der Waals surface area contributed by atoms with Crippen molar-refractivity contribution < 1.29 is 4.74 Å². The smallest absolute Gasteiger partial charge is 0.123 e. The Morgan fingerprint density at radius 2 is 2.18 bits per heavy atom. The molecule has 2 aliphatic heterocycles. The van der Waals surface area contributed by atoms with Gasteiger partial charge in [-0.05, 0) is 55.0 Å². The summed E-state index contributed by atoms with van der Waals surface area (Å²) in [6.45, 7) is 5.39. The third-order valence-electron chi connectivity index (χ3n) is 3.70. The quantitative estimate of drug-likeness (QED) is 0.724. The van der Waals surface area contributed by atoms with Crippen molar-refractivity contribution in [2.45, 2.75) is 39.2 Å². The van der Waals surface area contributed by atoms with E-state index in [2.05, 4.69) is 32.0 Å². The fourth-order valence-electron chi connectivity index (χ4n) is 2.66. The average molecular weight is 229 g/mol. The lowest BCUT2D eigenvalue weighted by atomic mass is 9.94. The van der Waals surface area contributed by atoms with Crippen molar-refractivity contribution in [1.29, 1.82) is 0 Å². The van der Waals surface area contributed by atoms with E-state index in [4.69, 9.17) is 9.73 Å². The third-order valence-corrected chi connectivity index (χ3v) is 3.70. The highest BCUT2D eigenvalue weighted by atomic mass is 16.5. The predicted molar refractivity (Wildman–Crippen MR) is 70.0 cm³/mol. The van der Waals surface area contributed by atoms with E-state index >= 15 is 0 Å². The highest BCUT2D eigenvalue weighted by Gasteiger charge is 2.20. The summed E-state index contributed by atoms with van der Waals surface area (Å²) in [5.41, 5.74) is 3.93. The van der Waals surface area contributed by atoms with E-state index in [1.54, 1.807) is 0 Å². The van der Waals surface area contributed by atoms with Gasteiger partial charge in [-0.2, -0.15) is 0 Å². The van der Waals surface area contributed by atoms with E-state index in [-0.39, 0.29) is 0 Å². The molecule has 0 bridgehead atoms. The number of hydrogen-bond donors (Lipinski definition) is 0. The van der Waals surface area contributed by atoms with Gasteiger partial charge in [-0.15, -0.1) is 0 Å². The van der Waals surface area contributed by atoms with Crippen LogP contribution in [0.4, 0.5) is 0 Å². The first-order valence-corrected chi connectivity index (χ1v) is 6.55. The molecular weight excluding hydrogens is 210 g/mol. The zero-order chi connectivity index (χ0) is 11.8. The maximum absolute atomic E-state index is 5.73. The first-order chi connectivity index (χ1) is 8.22. The molecule has 0 saturated heterocycles. The largest absolute Gasteiger partial charge is 0.490 e. The molecule has 0 saturated carbocycles. The van der Waals surface area contributed by atoms with Crippen LogP contribution in [0.15, 0.2) is 23.2 Å². The van der Waals surface area contributed by atoms with Gasteiger partial charge in [-0.3, -0.25) is 4.99 Å². The van der Waals surface area contributed by atoms with Crippen molar-refractivity contribution in [3.63, 3.8) is 0 Å². The second kappa shape index (κ2) is 4.17. The van der Waals surface area contributed by atoms with Crippen LogP contribution in [0.3, 0.4) is 0 Å². The van der Waals surface area contributed by atoms with Gasteiger partial charge in [0.05, 0.1) is 0 Å². The Labute approximate surface area is 103 Å². The first kappa shape index (κ1) is 10.8. The van der Waals surface area contributed by atoms with Gasteiger partial charge in [0.25, 0.3) is 0 Å². The van der Waals surface area contributed by atoms with Crippen molar-refractivity contribution >= 4 is 5.71 Å². The monoisotopic (exact) mass is 229 g/mol. The topological polar surface area (TPSA) is 21.6 Å². The number of fused-ring (bicyclic) bond motifs is 1. The van der Waals surface area contributed by atoms with Crippen molar-refractivity contribution in [3.8, 4) is 5.75 Å². The maximum atomic E-state index is 5.73. The molecule has 2 atom stereocenters. The van der Waals surface area contributed by atoms with Crippen LogP contribution in [0.2, 0.25) is 0 Å². The second-order valence-corrected chi connectivity index (χ2v) is 5.39. The molecule has 0 spiro atoms. The molecule has 0 amide bonds. The number of benzene rings is 1. The lowest BCUT2D eigenvalue weighted by Crippen LogP contribution is -2.14. The highest BCUT2D eigenvalue weighted by molar-refractivity contribution is 6.01. The van der Waals surface area contributed by atoms with Gasteiger partial charge < -0.3 is 4.74 Å². The molecule has 0 fully saturated rings. The summed E-state index contributed by atoms with van der Waals surface area (Å²) in [7, 11) is 0. The van der Waals surface area contributed by atoms with Crippen LogP contribution in [0.5, 0.6) is 5.75 Å². The van der Waals surface area contributed by atoms with Crippen LogP contribution in [-0.4, -0.2) is 18.4 Å². The molecule has 0 radical (unpaired) electrons. The zero-order valence-corrected chi connectivity index (χ0v) is 10.6. The van der Waals surface area contributed by atoms with Gasteiger partial charge in [0.15, 0.2) is 0 Å². The summed E-state index contributed by atoms with van der Waals surface area (Å²) >= 11 is 0. The van der Waals surface area contributed by atoms with E-state index < -0.39 is 0 Å². The molecule has 0 N–H and O–H groups in total. The Bertz CT molecular complexity index is 464. The van der Waals surface area contributed by atoms with Gasteiger partial charge >= 0.3 is 0 Å². The lowest BCUT2D eigenvalue weighted by molar-refractivity contribution is 0.254. The van der Waals surface area contributed by atoms with Gasteiger partial charge in [-0.1, -0.05) is 6.92 Å². The van der Waals surface area contributed by atoms with Crippen LogP contribution in [0.1, 0.15) is 37.8 Å². The average Bonchev–Trinajstić information content (AvgIpc) is 2.69. The van der Waals surface area contributed by atoms with Crippen LogP contribution in [0, 0.1) is 5.92 Å². The summed E-state index contributed by atoms with van der Waals surface area (Å²) in [6.07, 6.45) is 3.75. The summed E-state index contributed by atoms with van der Waals surface area (Å²) in [6, 6.07) is 6.54. The summed E-state index contributed by atoms with van der Waals surface area (Å²) < 4.78 is 5.73. The molecule has 2 heteroatoms. The Hall–Kier alpha value is -1.31. The van der Waals surface area contributed by atoms with E-state index in [1.165, 1.54) is 23.3 Å². The molecule has 3 rings (SSSR count). The molecule has 2 aliphatic rings. The number of aliphatic imine (C=N–C) groups is 1. The minimum Gasteiger partial charge on any atom is -0.490 e. The molecule has 1 aromatic rings. The van der Waals surface area contributed by atoms with Gasteiger partial charge in [0.2, 0.25) is 0 Å². The van der Waals surface area contributed by atoms with Gasteiger partial charge in [0, 0.05) is 18.7 Å². The third kappa shape index (κ3) is 2.08. The Balaban J connectivity index is 1.88. The normalized spacial score (nSPS) is 27.3. The minimum absolute atomic E-state index is 0.327. The van der Waals surface area contributed by atoms with Crippen molar-refractivity contribution in [3.05, 3.63) is 29.3 Å². The zero-order valence-electron chi connectivity index (χ0n) is 10.6. The molecule has 0 aromatic heterocycles. The molecule has 2 heterocycles. The molecule has 1 aromatic carbocycles. The number of rotatable bonds is 1. The molecule has 17 heavy (non-hydrogen) atoms. The van der Waals surface area contributed by atoms with Crippen LogP contribution >= 0.6 is 0 Å². The summed E-state index contributed by atoms with van der Waals surface area (Å²) in [5, 5.41) is 0. The van der Waals surface area contributed by atoms with Crippen LogP contribution in [-0.2, 0) is 6.42 Å². The van der Waals surface area contributed by atoms with Crippen molar-refractivity contribution in [2.75, 3.05) is 6.54 Å². The van der Waals surface area contributed by atoms with Gasteiger partial charge in [0.1, 0.15) is 11.9 Å². The summed E-state index contributed by atoms with van der Waals surface area (Å²) in [5.74, 6) is 1.81. The van der Waals surface area contributed by atoms with E-state index in [1.807, 2.05) is 0 Å². The predicted octanol–water partition coefficient (Wildman–Crippen LogP) is 3.23. The van der Waals surface area contributed by atoms with Crippen LogP contribution in [0.25, 0.3) is 0 Å². The van der Waals surface area contributed by atoms with Crippen molar-refractivity contribution in [1.82, 2.24) is 0 Å². The van der Waals surface area contributed by atoms with Gasteiger partial charge in [-0.25, -0.2) is 0 Å². The highest BCUT2D eigenvalue weighted by Crippen LogP contribution is 2.30. The first-order valence-electron chi connectivity index (χ1n) is 6.55. The fourth-order valence-corrected chi connectivity index (χ4v) is 2.66. The molecule has 90 valence electrons. The molecular formula is C15H19NO. The number of ether oxygens (including phenoxy) is 1. The fraction of sp³-hybridized carbons (Fsp3) is 0.533. The van der Waals surface area contributed by atoms with E-state index in [0.29, 0.717) is 6.10 Å². The standard InChI is InChI=1S/C15H19NO/c1-10-3-5-14(16-9-10)12-4-6-15-13(8-12)7-11(2)17-15/h4,6,8,10-11H,3,5,7,9H2,1-2H3. The molecule has 2 unspecified atom stereocenters. The molecule has 2 nitrogen and oxygen atoms in total. The maximum Gasteiger partial charge on any atom is 0.123 e.